The molecular weight excluding hydrogens is 190 g/mol. The Kier molecular flexibility index (Phi) is 3.59. The molecule has 3 aliphatic heterocycles. The van der Waals surface area contributed by atoms with Gasteiger partial charge in [0.1, 0.15) is 0 Å². The molecule has 3 aliphatic rings. The van der Waals surface area contributed by atoms with Gasteiger partial charge in [0.05, 0.1) is 0 Å². The molecular formula is C11H21N3O. The summed E-state index contributed by atoms with van der Waals surface area (Å²) in [5, 5.41) is 6.16. The number of carbonyl (C=O) groups is 1. The van der Waals surface area contributed by atoms with Crippen molar-refractivity contribution in [3.05, 3.63) is 0 Å². The minimum atomic E-state index is 0.197. The topological polar surface area (TPSA) is 44.4 Å². The highest BCUT2D eigenvalue weighted by molar-refractivity contribution is 5.76. The zero-order valence-corrected chi connectivity index (χ0v) is 9.46. The molecule has 4 heteroatoms. The van der Waals surface area contributed by atoms with E-state index in [-0.39, 0.29) is 5.91 Å². The summed E-state index contributed by atoms with van der Waals surface area (Å²) < 4.78 is 0. The molecule has 0 spiro atoms. The average Bonchev–Trinajstić information content (AvgIpc) is 2.28. The van der Waals surface area contributed by atoms with Crippen LogP contribution < -0.4 is 10.6 Å². The van der Waals surface area contributed by atoms with Crippen molar-refractivity contribution in [3.63, 3.8) is 0 Å². The highest BCUT2D eigenvalue weighted by atomic mass is 16.1. The van der Waals surface area contributed by atoms with E-state index < -0.39 is 0 Å². The summed E-state index contributed by atoms with van der Waals surface area (Å²) in [6.45, 7) is 4.30. The number of nitrogens with one attached hydrogen (secondary N) is 2. The third-order valence-electron chi connectivity index (χ3n) is 3.60. The van der Waals surface area contributed by atoms with Crippen LogP contribution in [0.5, 0.6) is 0 Å². The summed E-state index contributed by atoms with van der Waals surface area (Å²) >= 11 is 0. The Hall–Kier alpha value is -0.610. The molecule has 2 N–H and O–H groups in total. The molecule has 0 saturated carbocycles. The normalized spacial score (nSPS) is 34.1. The Morgan fingerprint density at radius 3 is 2.67 bits per heavy atom. The minimum absolute atomic E-state index is 0.197. The highest BCUT2D eigenvalue weighted by Gasteiger charge is 2.34. The van der Waals surface area contributed by atoms with Crippen LogP contribution in [0.2, 0.25) is 0 Å². The average molecular weight is 211 g/mol. The van der Waals surface area contributed by atoms with Gasteiger partial charge in [-0.1, -0.05) is 0 Å². The van der Waals surface area contributed by atoms with Gasteiger partial charge >= 0.3 is 0 Å². The van der Waals surface area contributed by atoms with Gasteiger partial charge < -0.3 is 15.5 Å². The van der Waals surface area contributed by atoms with Crippen LogP contribution in [0, 0.1) is 5.92 Å². The van der Waals surface area contributed by atoms with Crippen LogP contribution in [-0.2, 0) is 4.79 Å². The van der Waals surface area contributed by atoms with Crippen LogP contribution in [0.15, 0.2) is 0 Å². The van der Waals surface area contributed by atoms with Gasteiger partial charge in [0.15, 0.2) is 0 Å². The van der Waals surface area contributed by atoms with E-state index in [1.165, 1.54) is 25.9 Å². The summed E-state index contributed by atoms with van der Waals surface area (Å²) in [5.74, 6) is 0.927. The molecule has 2 bridgehead atoms. The van der Waals surface area contributed by atoms with E-state index in [1.807, 2.05) is 7.05 Å². The fourth-order valence-corrected chi connectivity index (χ4v) is 2.65. The minimum Gasteiger partial charge on any atom is -0.352 e. The van der Waals surface area contributed by atoms with Crippen LogP contribution >= 0.6 is 0 Å². The van der Waals surface area contributed by atoms with Gasteiger partial charge in [-0.25, -0.2) is 0 Å². The van der Waals surface area contributed by atoms with E-state index in [2.05, 4.69) is 15.5 Å². The Morgan fingerprint density at radius 2 is 2.13 bits per heavy atom. The molecule has 3 rings (SSSR count). The number of piperidine rings is 3. The van der Waals surface area contributed by atoms with Crippen molar-refractivity contribution in [1.82, 2.24) is 15.5 Å². The maximum absolute atomic E-state index is 11.6. The quantitative estimate of drug-likeness (QED) is 0.677. The SMILES string of the molecule is CNCCC(=O)NC1CN2CCC1CC2. The fraction of sp³-hybridized carbons (Fsp3) is 0.909. The van der Waals surface area contributed by atoms with Crippen molar-refractivity contribution >= 4 is 5.91 Å². The highest BCUT2D eigenvalue weighted by Crippen LogP contribution is 2.27. The molecule has 0 radical (unpaired) electrons. The summed E-state index contributed by atoms with van der Waals surface area (Å²) in [6, 6.07) is 0.414. The second-order valence-electron chi connectivity index (χ2n) is 4.67. The zero-order chi connectivity index (χ0) is 10.7. The molecule has 1 unspecified atom stereocenters. The predicted molar refractivity (Wildman–Crippen MR) is 59.6 cm³/mol. The number of fused-ring (bicyclic) bond motifs is 3. The lowest BCUT2D eigenvalue weighted by Gasteiger charge is -2.44. The molecule has 3 heterocycles. The van der Waals surface area contributed by atoms with Crippen LogP contribution in [0.4, 0.5) is 0 Å². The lowest BCUT2D eigenvalue weighted by molar-refractivity contribution is -0.123. The molecule has 1 amide bonds. The van der Waals surface area contributed by atoms with E-state index in [0.29, 0.717) is 12.5 Å². The summed E-state index contributed by atoms with van der Waals surface area (Å²) in [4.78, 5) is 14.0. The molecule has 15 heavy (non-hydrogen) atoms. The van der Waals surface area contributed by atoms with Gasteiger partial charge in [-0.15, -0.1) is 0 Å². The van der Waals surface area contributed by atoms with Crippen LogP contribution in [0.1, 0.15) is 19.3 Å². The van der Waals surface area contributed by atoms with Crippen LogP contribution in [-0.4, -0.2) is 50.1 Å². The van der Waals surface area contributed by atoms with Gasteiger partial charge in [0.25, 0.3) is 0 Å². The Balaban J connectivity index is 1.77. The number of rotatable bonds is 4. The van der Waals surface area contributed by atoms with Crippen molar-refractivity contribution in [2.24, 2.45) is 5.92 Å². The first-order valence-electron chi connectivity index (χ1n) is 5.96. The van der Waals surface area contributed by atoms with E-state index in [0.717, 1.165) is 19.0 Å². The van der Waals surface area contributed by atoms with Crippen LogP contribution in [0.3, 0.4) is 0 Å². The maximum Gasteiger partial charge on any atom is 0.221 e. The third kappa shape index (κ3) is 2.69. The standard InChI is InChI=1S/C11H21N3O/c1-12-5-2-11(15)13-10-8-14-6-3-9(10)4-7-14/h9-10,12H,2-8H2,1H3,(H,13,15). The van der Waals surface area contributed by atoms with Crippen molar-refractivity contribution in [3.8, 4) is 0 Å². The summed E-state index contributed by atoms with van der Waals surface area (Å²) in [5.41, 5.74) is 0. The number of hydrogen-bond acceptors (Lipinski definition) is 3. The first-order chi connectivity index (χ1) is 7.29. The van der Waals surface area contributed by atoms with Gasteiger partial charge in [-0.05, 0) is 38.9 Å². The number of hydrogen-bond donors (Lipinski definition) is 2. The van der Waals surface area contributed by atoms with Crippen LogP contribution in [0.25, 0.3) is 0 Å². The molecule has 4 nitrogen and oxygen atoms in total. The van der Waals surface area contributed by atoms with Gasteiger partial charge in [-0.2, -0.15) is 0 Å². The second-order valence-corrected chi connectivity index (χ2v) is 4.67. The van der Waals surface area contributed by atoms with E-state index in [1.54, 1.807) is 0 Å². The van der Waals surface area contributed by atoms with Gasteiger partial charge in [-0.3, -0.25) is 4.79 Å². The first-order valence-corrected chi connectivity index (χ1v) is 5.96. The lowest BCUT2D eigenvalue weighted by Crippen LogP contribution is -2.57. The molecule has 3 saturated heterocycles. The molecule has 3 fully saturated rings. The van der Waals surface area contributed by atoms with Gasteiger partial charge in [0.2, 0.25) is 5.91 Å². The predicted octanol–water partition coefficient (Wildman–Crippen LogP) is -0.194. The smallest absolute Gasteiger partial charge is 0.221 e. The van der Waals surface area contributed by atoms with Crippen molar-refractivity contribution < 1.29 is 4.79 Å². The van der Waals surface area contributed by atoms with E-state index in [9.17, 15) is 4.79 Å². The summed E-state index contributed by atoms with van der Waals surface area (Å²) in [7, 11) is 1.88. The molecule has 0 aromatic carbocycles. The third-order valence-corrected chi connectivity index (χ3v) is 3.60. The molecule has 0 aromatic heterocycles. The molecule has 86 valence electrons. The van der Waals surface area contributed by atoms with Crippen molar-refractivity contribution in [1.29, 1.82) is 0 Å². The van der Waals surface area contributed by atoms with Crippen molar-refractivity contribution in [2.45, 2.75) is 25.3 Å². The largest absolute Gasteiger partial charge is 0.352 e. The lowest BCUT2D eigenvalue weighted by atomic mass is 9.84. The van der Waals surface area contributed by atoms with Crippen molar-refractivity contribution in [2.75, 3.05) is 33.2 Å². The number of amides is 1. The maximum atomic E-state index is 11.6. The Bertz CT molecular complexity index is 224. The number of nitrogens with zero attached hydrogens (tertiary/aromatic N) is 1. The monoisotopic (exact) mass is 211 g/mol. The van der Waals surface area contributed by atoms with Gasteiger partial charge in [0, 0.05) is 25.6 Å². The Morgan fingerprint density at radius 1 is 1.40 bits per heavy atom. The fourth-order valence-electron chi connectivity index (χ4n) is 2.65. The first kappa shape index (κ1) is 10.9. The second kappa shape index (κ2) is 4.94. The Labute approximate surface area is 91.4 Å². The number of carbonyl (C=O) groups excluding carboxylic acids is 1. The molecule has 0 aromatic rings. The van der Waals surface area contributed by atoms with E-state index >= 15 is 0 Å². The zero-order valence-electron chi connectivity index (χ0n) is 9.46. The van der Waals surface area contributed by atoms with E-state index in [4.69, 9.17) is 0 Å². The summed E-state index contributed by atoms with van der Waals surface area (Å²) in [6.07, 6.45) is 3.12. The molecule has 1 atom stereocenters. The molecule has 0 aliphatic carbocycles.